The molecule has 1 heterocycles. The van der Waals surface area contributed by atoms with Gasteiger partial charge in [-0.2, -0.15) is 13.2 Å². The van der Waals surface area contributed by atoms with Gasteiger partial charge >= 0.3 is 18.1 Å². The number of carbonyl (C=O) groups excluding carboxylic acids is 1. The minimum absolute atomic E-state index is 0.0260. The molecule has 0 radical (unpaired) electrons. The number of anilines is 2. The van der Waals surface area contributed by atoms with Crippen LogP contribution >= 0.6 is 0 Å². The Morgan fingerprint density at radius 3 is 1.86 bits per heavy atom. The van der Waals surface area contributed by atoms with Crippen LogP contribution in [0.25, 0.3) is 0 Å². The molecule has 2 N–H and O–H groups in total. The molecule has 0 atom stereocenters. The van der Waals surface area contributed by atoms with Crippen molar-refractivity contribution in [3.63, 3.8) is 0 Å². The lowest BCUT2D eigenvalue weighted by Gasteiger charge is -2.36. The maximum Gasteiger partial charge on any atom is 0.471 e. The lowest BCUT2D eigenvalue weighted by Crippen LogP contribution is -2.50. The van der Waals surface area contributed by atoms with E-state index >= 15 is 4.39 Å². The van der Waals surface area contributed by atoms with Crippen molar-refractivity contribution in [3.8, 4) is 0 Å². The van der Waals surface area contributed by atoms with Gasteiger partial charge in [0.1, 0.15) is 16.9 Å². The predicted molar refractivity (Wildman–Crippen MR) is 120 cm³/mol. The monoisotopic (exact) mass is 545 g/mol. The third kappa shape index (κ3) is 8.49. The van der Waals surface area contributed by atoms with Crippen LogP contribution in [-0.2, 0) is 14.3 Å². The Kier molecular flexibility index (Phi) is 11.6. The zero-order valence-corrected chi connectivity index (χ0v) is 20.7. The van der Waals surface area contributed by atoms with E-state index in [2.05, 4.69) is 0 Å². The van der Waals surface area contributed by atoms with Crippen molar-refractivity contribution in [2.75, 3.05) is 57.2 Å². The molecule has 0 unspecified atom stereocenters. The molecule has 2 rings (SSSR count). The van der Waals surface area contributed by atoms with Crippen molar-refractivity contribution < 1.29 is 55.7 Å². The molecule has 1 aliphatic heterocycles. The van der Waals surface area contributed by atoms with Crippen LogP contribution < -0.4 is 9.80 Å². The normalized spacial score (nSPS) is 14.1. The molecule has 1 fully saturated rings. The summed E-state index contributed by atoms with van der Waals surface area (Å²) < 4.78 is 90.5. The first-order chi connectivity index (χ1) is 17.0. The number of alkyl halides is 3. The van der Waals surface area contributed by atoms with Crippen molar-refractivity contribution in [3.05, 3.63) is 23.0 Å². The maximum absolute atomic E-state index is 15.6. The number of rotatable bonds is 8. The Morgan fingerprint density at radius 1 is 0.919 bits per heavy atom. The van der Waals surface area contributed by atoms with Crippen LogP contribution in [0.15, 0.2) is 0 Å². The molecule has 0 aromatic heterocycles. The Balaban J connectivity index is 0.00000159. The summed E-state index contributed by atoms with van der Waals surface area (Å²) in [5.41, 5.74) is -4.19. The molecule has 1 saturated heterocycles. The van der Waals surface area contributed by atoms with Gasteiger partial charge in [-0.1, -0.05) is 0 Å². The van der Waals surface area contributed by atoms with Gasteiger partial charge in [0.05, 0.1) is 0 Å². The van der Waals surface area contributed by atoms with Gasteiger partial charge in [0.2, 0.25) is 0 Å². The summed E-state index contributed by atoms with van der Waals surface area (Å²) in [5.74, 6) is -11.3. The molecule has 0 aliphatic carbocycles. The number of halogens is 6. The van der Waals surface area contributed by atoms with Gasteiger partial charge in [-0.05, 0) is 39.9 Å². The van der Waals surface area contributed by atoms with Gasteiger partial charge in [0.25, 0.3) is 5.97 Å². The third-order valence-electron chi connectivity index (χ3n) is 5.23. The fraction of sp³-hybridized carbons (Fsp3) is 0.591. The topological polar surface area (TPSA) is 111 Å². The minimum atomic E-state index is -5.52. The van der Waals surface area contributed by atoms with Crippen LogP contribution in [0.4, 0.5) is 37.7 Å². The smallest absolute Gasteiger partial charge is 0.471 e. The van der Waals surface area contributed by atoms with E-state index in [4.69, 9.17) is 14.6 Å². The number of hydrogen-bond donors (Lipinski definition) is 2. The fourth-order valence-corrected chi connectivity index (χ4v) is 3.66. The van der Waals surface area contributed by atoms with E-state index in [1.54, 1.807) is 19.0 Å². The molecule has 0 spiro atoms. The molecule has 1 amide bonds. The van der Waals surface area contributed by atoms with Crippen molar-refractivity contribution in [2.45, 2.75) is 38.4 Å². The van der Waals surface area contributed by atoms with Gasteiger partial charge in [0.15, 0.2) is 17.5 Å². The van der Waals surface area contributed by atoms with E-state index in [-0.39, 0.29) is 37.5 Å². The van der Waals surface area contributed by atoms with Crippen LogP contribution in [0.5, 0.6) is 0 Å². The molecular weight excluding hydrogens is 516 g/mol. The first-order valence-corrected chi connectivity index (χ1v) is 11.0. The van der Waals surface area contributed by atoms with Crippen LogP contribution in [0.2, 0.25) is 0 Å². The van der Waals surface area contributed by atoms with E-state index in [9.17, 15) is 36.6 Å². The molecule has 1 aliphatic rings. The lowest BCUT2D eigenvalue weighted by atomic mass is 10.0. The van der Waals surface area contributed by atoms with Gasteiger partial charge in [0, 0.05) is 39.8 Å². The van der Waals surface area contributed by atoms with Gasteiger partial charge in [-0.25, -0.2) is 18.0 Å². The number of amides is 1. The van der Waals surface area contributed by atoms with E-state index in [1.165, 1.54) is 7.05 Å². The summed E-state index contributed by atoms with van der Waals surface area (Å²) in [7, 11) is 4.68. The number of aromatic carboxylic acids is 1. The summed E-state index contributed by atoms with van der Waals surface area (Å²) in [5, 5.41) is 16.8. The largest absolute Gasteiger partial charge is 0.481 e. The van der Waals surface area contributed by atoms with Crippen molar-refractivity contribution in [1.29, 1.82) is 0 Å². The number of carboxylic acids is 2. The second-order valence-electron chi connectivity index (χ2n) is 8.43. The fourth-order valence-electron chi connectivity index (χ4n) is 3.66. The van der Waals surface area contributed by atoms with Crippen molar-refractivity contribution in [1.82, 2.24) is 4.90 Å². The highest BCUT2D eigenvalue weighted by atomic mass is 19.4. The maximum atomic E-state index is 15.6. The lowest BCUT2D eigenvalue weighted by molar-refractivity contribution is -0.171. The molecule has 9 nitrogen and oxygen atoms in total. The Bertz CT molecular complexity index is 979. The molecule has 0 bridgehead atoms. The summed E-state index contributed by atoms with van der Waals surface area (Å²) in [6, 6.07) is -1.34. The van der Waals surface area contributed by atoms with Gasteiger partial charge in [-0.3, -0.25) is 14.5 Å². The van der Waals surface area contributed by atoms with E-state index in [0.717, 1.165) is 11.8 Å². The van der Waals surface area contributed by atoms with Crippen molar-refractivity contribution >= 4 is 29.2 Å². The highest BCUT2D eigenvalue weighted by molar-refractivity contribution is 6.05. The molecule has 0 saturated carbocycles. The predicted octanol–water partition coefficient (Wildman–Crippen LogP) is 3.36. The first kappa shape index (κ1) is 32.0. The zero-order valence-electron chi connectivity index (χ0n) is 20.7. The average Bonchev–Trinajstić information content (AvgIpc) is 2.76. The molecule has 1 aromatic rings. The van der Waals surface area contributed by atoms with E-state index in [0.29, 0.717) is 13.0 Å². The highest BCUT2D eigenvalue weighted by Gasteiger charge is 2.48. The molecule has 15 heteroatoms. The number of carboxylic acid groups (broad SMARTS) is 2. The van der Waals surface area contributed by atoms with Gasteiger partial charge in [-0.15, -0.1) is 0 Å². The molecule has 210 valence electrons. The highest BCUT2D eigenvalue weighted by Crippen LogP contribution is 2.40. The summed E-state index contributed by atoms with van der Waals surface area (Å²) >= 11 is 0. The third-order valence-corrected chi connectivity index (χ3v) is 5.23. The standard InChI is InChI=1S/C20H25F6N3O4.C2H4O2/c1-27(2)7-4-8-28(3)17-14(22)13(21)12(18(30)31)16(15(17)23)29(19(32)20(24,25)26)11-5-9-33-10-6-11;1-2(3)4/h11H,4-10H2,1-3H3,(H,30,31);1H3,(H,3,4). The van der Waals surface area contributed by atoms with Crippen molar-refractivity contribution in [2.24, 2.45) is 0 Å². The number of hydrogen-bond acceptors (Lipinski definition) is 6. The van der Waals surface area contributed by atoms with Gasteiger partial charge < -0.3 is 24.7 Å². The second-order valence-corrected chi connectivity index (χ2v) is 8.43. The van der Waals surface area contributed by atoms with E-state index < -0.39 is 64.5 Å². The molecule has 1 aromatic carbocycles. The summed E-state index contributed by atoms with van der Waals surface area (Å²) in [6.07, 6.45) is -5.55. The number of ether oxygens (including phenoxy) is 1. The number of nitrogens with zero attached hydrogens (tertiary/aromatic N) is 3. The molecular formula is C22H29F6N3O6. The second kappa shape index (κ2) is 13.5. The Labute approximate surface area is 209 Å². The van der Waals surface area contributed by atoms with Crippen LogP contribution in [0.3, 0.4) is 0 Å². The summed E-state index contributed by atoms with van der Waals surface area (Å²) in [6.45, 7) is 1.37. The minimum Gasteiger partial charge on any atom is -0.481 e. The Hall–Kier alpha value is -3.07. The van der Waals surface area contributed by atoms with E-state index in [1.807, 2.05) is 0 Å². The van der Waals surface area contributed by atoms with Crippen LogP contribution in [0, 0.1) is 17.5 Å². The van der Waals surface area contributed by atoms with Crippen LogP contribution in [0.1, 0.15) is 36.5 Å². The SMILES string of the molecule is CC(=O)O.CN(C)CCCN(C)c1c(F)c(F)c(C(=O)O)c(N(C(=O)C(F)(F)F)C2CCOCC2)c1F. The molecule has 37 heavy (non-hydrogen) atoms. The number of benzene rings is 1. The quantitative estimate of drug-likeness (QED) is 0.378. The number of aliphatic carboxylic acids is 1. The Morgan fingerprint density at radius 2 is 1.43 bits per heavy atom. The zero-order chi connectivity index (χ0) is 28.7. The average molecular weight is 545 g/mol. The number of carbonyl (C=O) groups is 3. The van der Waals surface area contributed by atoms with Crippen LogP contribution in [-0.4, -0.2) is 92.6 Å². The first-order valence-electron chi connectivity index (χ1n) is 11.0. The summed E-state index contributed by atoms with van der Waals surface area (Å²) in [4.78, 5) is 35.6.